The third kappa shape index (κ3) is 5.08. The van der Waals surface area contributed by atoms with Crippen molar-refractivity contribution in [3.8, 4) is 0 Å². The van der Waals surface area contributed by atoms with Crippen molar-refractivity contribution in [2.75, 3.05) is 13.1 Å². The molecule has 1 atom stereocenters. The van der Waals surface area contributed by atoms with Gasteiger partial charge >= 0.3 is 0 Å². The minimum atomic E-state index is -3.41. The molecule has 0 bridgehead atoms. The van der Waals surface area contributed by atoms with Crippen LogP contribution in [-0.4, -0.2) is 37.8 Å². The molecule has 0 aliphatic heterocycles. The molecule has 1 aromatic rings. The fourth-order valence-electron chi connectivity index (χ4n) is 2.16. The van der Waals surface area contributed by atoms with Crippen molar-refractivity contribution >= 4 is 15.9 Å². The van der Waals surface area contributed by atoms with Crippen molar-refractivity contribution in [2.24, 2.45) is 5.73 Å². The Kier molecular flexibility index (Phi) is 6.99. The van der Waals surface area contributed by atoms with Crippen LogP contribution >= 0.6 is 0 Å². The number of sulfonamides is 1. The maximum atomic E-state index is 12.4. The van der Waals surface area contributed by atoms with E-state index in [0.29, 0.717) is 24.5 Å². The van der Waals surface area contributed by atoms with Crippen molar-refractivity contribution in [3.05, 3.63) is 29.8 Å². The first kappa shape index (κ1) is 18.6. The molecular formula is C15H25N3O3S. The number of hydrogen-bond donors (Lipinski definition) is 2. The van der Waals surface area contributed by atoms with Gasteiger partial charge in [-0.2, -0.15) is 4.31 Å². The molecule has 0 aliphatic carbocycles. The van der Waals surface area contributed by atoms with E-state index < -0.39 is 10.0 Å². The van der Waals surface area contributed by atoms with Crippen LogP contribution in [0.1, 0.15) is 32.8 Å². The first-order chi connectivity index (χ1) is 10.3. The van der Waals surface area contributed by atoms with E-state index in [-0.39, 0.29) is 18.4 Å². The summed E-state index contributed by atoms with van der Waals surface area (Å²) in [5.74, 6) is -0.347. The van der Waals surface area contributed by atoms with E-state index in [1.807, 2.05) is 20.8 Å². The van der Waals surface area contributed by atoms with Crippen LogP contribution < -0.4 is 11.1 Å². The molecule has 0 unspecified atom stereocenters. The molecule has 7 heteroatoms. The molecule has 6 nitrogen and oxygen atoms in total. The third-order valence-electron chi connectivity index (χ3n) is 3.43. The van der Waals surface area contributed by atoms with Gasteiger partial charge in [0.05, 0.1) is 4.90 Å². The Labute approximate surface area is 132 Å². The van der Waals surface area contributed by atoms with Crippen LogP contribution in [0.5, 0.6) is 0 Å². The van der Waals surface area contributed by atoms with E-state index in [9.17, 15) is 13.2 Å². The lowest BCUT2D eigenvalue weighted by Gasteiger charge is -2.18. The Balaban J connectivity index is 2.73. The number of carbonyl (C=O) groups is 1. The summed E-state index contributed by atoms with van der Waals surface area (Å²) in [5.41, 5.74) is 6.09. The van der Waals surface area contributed by atoms with Gasteiger partial charge in [-0.15, -0.1) is 0 Å². The Hall–Kier alpha value is -1.44. The predicted octanol–water partition coefficient (Wildman–Crippen LogP) is 1.07. The average molecular weight is 327 g/mol. The fraction of sp³-hybridized carbons (Fsp3) is 0.533. The molecule has 0 aromatic heterocycles. The molecule has 0 fully saturated rings. The van der Waals surface area contributed by atoms with Gasteiger partial charge in [0.25, 0.3) is 0 Å². The SMILES string of the molecule is CCN(CC)S(=O)(=O)c1ccc(CN[C@H](C)CC(N)=O)cc1. The molecular weight excluding hydrogens is 302 g/mol. The average Bonchev–Trinajstić information content (AvgIpc) is 2.46. The zero-order chi connectivity index (χ0) is 16.8. The van der Waals surface area contributed by atoms with Gasteiger partial charge < -0.3 is 11.1 Å². The number of primary amides is 1. The molecule has 1 rings (SSSR count). The van der Waals surface area contributed by atoms with Crippen molar-refractivity contribution < 1.29 is 13.2 Å². The standard InChI is InChI=1S/C15H25N3O3S/c1-4-18(5-2)22(20,21)14-8-6-13(7-9-14)11-17-12(3)10-15(16)19/h6-9,12,17H,4-5,10-11H2,1-3H3,(H2,16,19)/t12-/m1/s1. The summed E-state index contributed by atoms with van der Waals surface area (Å²) in [6, 6.07) is 6.77. The molecule has 0 saturated heterocycles. The van der Waals surface area contributed by atoms with E-state index in [1.165, 1.54) is 4.31 Å². The highest BCUT2D eigenvalue weighted by Crippen LogP contribution is 2.16. The Bertz CT molecular complexity index is 581. The fourth-order valence-corrected chi connectivity index (χ4v) is 3.62. The minimum Gasteiger partial charge on any atom is -0.370 e. The van der Waals surface area contributed by atoms with Gasteiger partial charge in [-0.3, -0.25) is 4.79 Å². The molecule has 0 saturated carbocycles. The highest BCUT2D eigenvalue weighted by atomic mass is 32.2. The van der Waals surface area contributed by atoms with Gasteiger partial charge in [-0.05, 0) is 24.6 Å². The van der Waals surface area contributed by atoms with Crippen molar-refractivity contribution in [2.45, 2.75) is 44.7 Å². The summed E-state index contributed by atoms with van der Waals surface area (Å²) in [6.07, 6.45) is 0.272. The molecule has 124 valence electrons. The quantitative estimate of drug-likeness (QED) is 0.709. The smallest absolute Gasteiger partial charge is 0.243 e. The van der Waals surface area contributed by atoms with E-state index in [1.54, 1.807) is 24.3 Å². The van der Waals surface area contributed by atoms with Crippen molar-refractivity contribution in [1.29, 1.82) is 0 Å². The lowest BCUT2D eigenvalue weighted by Crippen LogP contribution is -2.31. The number of nitrogens with two attached hydrogens (primary N) is 1. The molecule has 22 heavy (non-hydrogen) atoms. The van der Waals surface area contributed by atoms with Gasteiger partial charge in [-0.25, -0.2) is 8.42 Å². The van der Waals surface area contributed by atoms with Gasteiger partial charge in [-0.1, -0.05) is 26.0 Å². The maximum Gasteiger partial charge on any atom is 0.243 e. The third-order valence-corrected chi connectivity index (χ3v) is 5.49. The highest BCUT2D eigenvalue weighted by Gasteiger charge is 2.21. The van der Waals surface area contributed by atoms with Crippen LogP contribution in [0.2, 0.25) is 0 Å². The lowest BCUT2D eigenvalue weighted by atomic mass is 10.2. The van der Waals surface area contributed by atoms with Crippen LogP contribution in [0.3, 0.4) is 0 Å². The van der Waals surface area contributed by atoms with Crippen molar-refractivity contribution in [1.82, 2.24) is 9.62 Å². The molecule has 0 heterocycles. The second-order valence-corrected chi connectivity index (χ2v) is 7.12. The Morgan fingerprint density at radius 1 is 1.23 bits per heavy atom. The summed E-state index contributed by atoms with van der Waals surface area (Å²) in [5, 5.41) is 3.17. The van der Waals surface area contributed by atoms with E-state index in [0.717, 1.165) is 5.56 Å². The predicted molar refractivity (Wildman–Crippen MR) is 86.7 cm³/mol. The summed E-state index contributed by atoms with van der Waals surface area (Å²) >= 11 is 0. The first-order valence-electron chi connectivity index (χ1n) is 7.42. The number of rotatable bonds is 9. The van der Waals surface area contributed by atoms with E-state index >= 15 is 0 Å². The molecule has 0 radical (unpaired) electrons. The second-order valence-electron chi connectivity index (χ2n) is 5.19. The molecule has 1 amide bonds. The number of carbonyl (C=O) groups excluding carboxylic acids is 1. The van der Waals surface area contributed by atoms with Gasteiger partial charge in [0.1, 0.15) is 0 Å². The van der Waals surface area contributed by atoms with Crippen LogP contribution in [0.4, 0.5) is 0 Å². The van der Waals surface area contributed by atoms with Crippen LogP contribution in [0.25, 0.3) is 0 Å². The number of nitrogens with one attached hydrogen (secondary N) is 1. The molecule has 3 N–H and O–H groups in total. The molecule has 1 aromatic carbocycles. The van der Waals surface area contributed by atoms with Gasteiger partial charge in [0.15, 0.2) is 0 Å². The zero-order valence-electron chi connectivity index (χ0n) is 13.4. The van der Waals surface area contributed by atoms with Crippen LogP contribution in [0.15, 0.2) is 29.2 Å². The maximum absolute atomic E-state index is 12.4. The summed E-state index contributed by atoms with van der Waals surface area (Å²) in [6.45, 7) is 6.97. The first-order valence-corrected chi connectivity index (χ1v) is 8.86. The highest BCUT2D eigenvalue weighted by molar-refractivity contribution is 7.89. The number of amides is 1. The lowest BCUT2D eigenvalue weighted by molar-refractivity contribution is -0.118. The minimum absolute atomic E-state index is 0.0171. The number of nitrogens with zero attached hydrogens (tertiary/aromatic N) is 1. The number of hydrogen-bond acceptors (Lipinski definition) is 4. The summed E-state index contributed by atoms with van der Waals surface area (Å²) < 4.78 is 26.1. The largest absolute Gasteiger partial charge is 0.370 e. The Morgan fingerprint density at radius 2 is 1.77 bits per heavy atom. The topological polar surface area (TPSA) is 92.5 Å². The molecule has 0 aliphatic rings. The number of benzene rings is 1. The summed E-state index contributed by atoms with van der Waals surface area (Å²) in [7, 11) is -3.41. The second kappa shape index (κ2) is 8.26. The van der Waals surface area contributed by atoms with Crippen LogP contribution in [-0.2, 0) is 21.4 Å². The Morgan fingerprint density at radius 3 is 2.23 bits per heavy atom. The molecule has 0 spiro atoms. The van der Waals surface area contributed by atoms with Crippen LogP contribution in [0, 0.1) is 0 Å². The van der Waals surface area contributed by atoms with Gasteiger partial charge in [0, 0.05) is 32.1 Å². The van der Waals surface area contributed by atoms with E-state index in [4.69, 9.17) is 5.73 Å². The summed E-state index contributed by atoms with van der Waals surface area (Å²) in [4.78, 5) is 11.1. The normalized spacial score (nSPS) is 13.3. The van der Waals surface area contributed by atoms with Crippen molar-refractivity contribution in [3.63, 3.8) is 0 Å². The zero-order valence-corrected chi connectivity index (χ0v) is 14.2. The van der Waals surface area contributed by atoms with E-state index in [2.05, 4.69) is 5.32 Å². The monoisotopic (exact) mass is 327 g/mol. The van der Waals surface area contributed by atoms with Gasteiger partial charge in [0.2, 0.25) is 15.9 Å².